The highest BCUT2D eigenvalue weighted by molar-refractivity contribution is 5.95. The summed E-state index contributed by atoms with van der Waals surface area (Å²) in [7, 11) is 0. The van der Waals surface area contributed by atoms with E-state index in [0.29, 0.717) is 31.5 Å². The van der Waals surface area contributed by atoms with Crippen molar-refractivity contribution >= 4 is 23.4 Å². The van der Waals surface area contributed by atoms with E-state index in [1.807, 2.05) is 0 Å². The van der Waals surface area contributed by atoms with Crippen LogP contribution in [-0.2, 0) is 9.59 Å². The molecule has 158 valence electrons. The Balaban J connectivity index is 1.43. The molecule has 1 saturated heterocycles. The molecule has 1 aliphatic heterocycles. The average Bonchev–Trinajstić information content (AvgIpc) is 2.75. The Kier molecular flexibility index (Phi) is 6.71. The number of rotatable bonds is 5. The summed E-state index contributed by atoms with van der Waals surface area (Å²) in [5.41, 5.74) is 0.467. The average molecular weight is 419 g/mol. The molecule has 0 radical (unpaired) electrons. The maximum Gasteiger partial charge on any atom is 0.253 e. The van der Waals surface area contributed by atoms with Crippen molar-refractivity contribution in [1.29, 1.82) is 0 Å². The first-order valence-electron chi connectivity index (χ1n) is 9.41. The lowest BCUT2D eigenvalue weighted by Crippen LogP contribution is -2.44. The smallest absolute Gasteiger partial charge is 0.253 e. The Morgan fingerprint density at radius 3 is 2.23 bits per heavy atom. The van der Waals surface area contributed by atoms with Crippen molar-refractivity contribution in [2.75, 3.05) is 25.0 Å². The van der Waals surface area contributed by atoms with Crippen LogP contribution in [-0.4, -0.2) is 42.3 Å². The third-order valence-corrected chi connectivity index (χ3v) is 4.87. The van der Waals surface area contributed by atoms with Gasteiger partial charge in [0.05, 0.1) is 6.54 Å². The second-order valence-corrected chi connectivity index (χ2v) is 6.97. The Morgan fingerprint density at radius 2 is 1.60 bits per heavy atom. The van der Waals surface area contributed by atoms with Crippen molar-refractivity contribution in [1.82, 2.24) is 10.2 Å². The molecule has 3 rings (SSSR count). The topological polar surface area (TPSA) is 78.5 Å². The number of carbonyl (C=O) groups excluding carboxylic acids is 3. The summed E-state index contributed by atoms with van der Waals surface area (Å²) in [4.78, 5) is 38.2. The molecule has 0 spiro atoms. The summed E-state index contributed by atoms with van der Waals surface area (Å²) in [6.07, 6.45) is 0.868. The van der Waals surface area contributed by atoms with Crippen LogP contribution in [0, 0.1) is 23.4 Å². The van der Waals surface area contributed by atoms with Crippen molar-refractivity contribution < 1.29 is 27.6 Å². The molecule has 9 heteroatoms. The molecule has 6 nitrogen and oxygen atoms in total. The predicted molar refractivity (Wildman–Crippen MR) is 103 cm³/mol. The molecular weight excluding hydrogens is 399 g/mol. The van der Waals surface area contributed by atoms with Crippen LogP contribution in [0.1, 0.15) is 23.2 Å². The number of hydrogen-bond acceptors (Lipinski definition) is 3. The fourth-order valence-corrected chi connectivity index (χ4v) is 3.21. The fraction of sp³-hybridized carbons (Fsp3) is 0.286. The maximum atomic E-state index is 13.2. The monoisotopic (exact) mass is 419 g/mol. The van der Waals surface area contributed by atoms with Gasteiger partial charge in [-0.05, 0) is 49.2 Å². The van der Waals surface area contributed by atoms with Crippen LogP contribution in [0.3, 0.4) is 0 Å². The summed E-state index contributed by atoms with van der Waals surface area (Å²) < 4.78 is 39.1. The first-order chi connectivity index (χ1) is 14.3. The van der Waals surface area contributed by atoms with Gasteiger partial charge in [-0.1, -0.05) is 0 Å². The van der Waals surface area contributed by atoms with Gasteiger partial charge in [0, 0.05) is 36.3 Å². The molecule has 1 heterocycles. The van der Waals surface area contributed by atoms with Gasteiger partial charge in [-0.15, -0.1) is 0 Å². The van der Waals surface area contributed by atoms with Crippen molar-refractivity contribution in [2.45, 2.75) is 12.8 Å². The molecule has 2 aromatic rings. The second kappa shape index (κ2) is 9.43. The molecule has 0 atom stereocenters. The van der Waals surface area contributed by atoms with Crippen LogP contribution in [0.4, 0.5) is 18.9 Å². The van der Waals surface area contributed by atoms with Crippen LogP contribution in [0.25, 0.3) is 0 Å². The van der Waals surface area contributed by atoms with Gasteiger partial charge in [-0.3, -0.25) is 14.4 Å². The summed E-state index contributed by atoms with van der Waals surface area (Å²) in [5.74, 6) is -3.99. The number of likely N-dealkylation sites (tertiary alicyclic amines) is 1. The molecule has 1 aliphatic rings. The quantitative estimate of drug-likeness (QED) is 0.782. The second-order valence-electron chi connectivity index (χ2n) is 6.97. The van der Waals surface area contributed by atoms with Gasteiger partial charge >= 0.3 is 0 Å². The molecule has 0 aromatic heterocycles. The number of hydrogen-bond donors (Lipinski definition) is 2. The van der Waals surface area contributed by atoms with Crippen molar-refractivity contribution in [3.05, 3.63) is 65.5 Å². The Labute approximate surface area is 171 Å². The van der Waals surface area contributed by atoms with Crippen LogP contribution in [0.5, 0.6) is 0 Å². The number of amides is 3. The summed E-state index contributed by atoms with van der Waals surface area (Å²) in [6.45, 7) is 0.428. The normalized spacial score (nSPS) is 14.3. The van der Waals surface area contributed by atoms with Crippen molar-refractivity contribution in [3.63, 3.8) is 0 Å². The molecule has 2 N–H and O–H groups in total. The van der Waals surface area contributed by atoms with E-state index >= 15 is 0 Å². The zero-order valence-corrected chi connectivity index (χ0v) is 16.0. The van der Waals surface area contributed by atoms with Crippen molar-refractivity contribution in [3.8, 4) is 0 Å². The summed E-state index contributed by atoms with van der Waals surface area (Å²) in [6, 6.07) is 8.24. The van der Waals surface area contributed by atoms with E-state index in [4.69, 9.17) is 0 Å². The van der Waals surface area contributed by atoms with Crippen LogP contribution in [0.2, 0.25) is 0 Å². The minimum absolute atomic E-state index is 0.0840. The van der Waals surface area contributed by atoms with Gasteiger partial charge in [-0.25, -0.2) is 13.2 Å². The van der Waals surface area contributed by atoms with Gasteiger partial charge in [0.15, 0.2) is 11.6 Å². The SMILES string of the molecule is O=C(CNC(=O)C1CCN(C(=O)c2ccc(F)cc2)CC1)Nc1ccc(F)c(F)c1. The predicted octanol–water partition coefficient (Wildman–Crippen LogP) is 2.71. The van der Waals surface area contributed by atoms with Gasteiger partial charge in [0.1, 0.15) is 5.82 Å². The number of halogens is 3. The fourth-order valence-electron chi connectivity index (χ4n) is 3.21. The van der Waals surface area contributed by atoms with E-state index in [2.05, 4.69) is 10.6 Å². The van der Waals surface area contributed by atoms with E-state index in [1.54, 1.807) is 4.90 Å². The number of anilines is 1. The third kappa shape index (κ3) is 5.37. The first-order valence-corrected chi connectivity index (χ1v) is 9.41. The van der Waals surface area contributed by atoms with Crippen LogP contribution < -0.4 is 10.6 Å². The molecule has 2 aromatic carbocycles. The van der Waals surface area contributed by atoms with E-state index in [-0.39, 0.29) is 30.0 Å². The number of nitrogens with zero attached hydrogens (tertiary/aromatic N) is 1. The number of nitrogens with one attached hydrogen (secondary N) is 2. The van der Waals surface area contributed by atoms with Gasteiger partial charge in [0.25, 0.3) is 5.91 Å². The lowest BCUT2D eigenvalue weighted by Gasteiger charge is -2.31. The molecule has 3 amide bonds. The van der Waals surface area contributed by atoms with E-state index in [0.717, 1.165) is 12.1 Å². The molecule has 0 unspecified atom stereocenters. The lowest BCUT2D eigenvalue weighted by molar-refractivity contribution is -0.128. The molecule has 30 heavy (non-hydrogen) atoms. The molecule has 0 saturated carbocycles. The number of benzene rings is 2. The van der Waals surface area contributed by atoms with E-state index in [1.165, 1.54) is 30.3 Å². The minimum Gasteiger partial charge on any atom is -0.347 e. The zero-order valence-electron chi connectivity index (χ0n) is 16.0. The number of piperidine rings is 1. The lowest BCUT2D eigenvalue weighted by atomic mass is 9.95. The van der Waals surface area contributed by atoms with Crippen LogP contribution in [0.15, 0.2) is 42.5 Å². The third-order valence-electron chi connectivity index (χ3n) is 4.87. The maximum absolute atomic E-state index is 13.2. The Hall–Kier alpha value is -3.36. The highest BCUT2D eigenvalue weighted by Gasteiger charge is 2.28. The minimum atomic E-state index is -1.08. The summed E-state index contributed by atoms with van der Waals surface area (Å²) >= 11 is 0. The van der Waals surface area contributed by atoms with Gasteiger partial charge in [0.2, 0.25) is 11.8 Å². The Morgan fingerprint density at radius 1 is 0.933 bits per heavy atom. The van der Waals surface area contributed by atoms with Crippen molar-refractivity contribution in [2.24, 2.45) is 5.92 Å². The van der Waals surface area contributed by atoms with E-state index in [9.17, 15) is 27.6 Å². The largest absolute Gasteiger partial charge is 0.347 e. The number of carbonyl (C=O) groups is 3. The van der Waals surface area contributed by atoms with Gasteiger partial charge < -0.3 is 15.5 Å². The highest BCUT2D eigenvalue weighted by Crippen LogP contribution is 2.19. The standard InChI is InChI=1S/C21H20F3N3O3/c22-15-3-1-14(2-4-15)21(30)27-9-7-13(8-10-27)20(29)25-12-19(28)26-16-5-6-17(23)18(24)11-16/h1-6,11,13H,7-10,12H2,(H,25,29)(H,26,28). The summed E-state index contributed by atoms with van der Waals surface area (Å²) in [5, 5.41) is 4.89. The van der Waals surface area contributed by atoms with E-state index < -0.39 is 23.4 Å². The molecule has 1 fully saturated rings. The first kappa shape index (κ1) is 21.4. The highest BCUT2D eigenvalue weighted by atomic mass is 19.2. The van der Waals surface area contributed by atoms with Crippen LogP contribution >= 0.6 is 0 Å². The molecule has 0 bridgehead atoms. The Bertz CT molecular complexity index is 942. The van der Waals surface area contributed by atoms with Gasteiger partial charge in [-0.2, -0.15) is 0 Å². The zero-order chi connectivity index (χ0) is 21.7. The molecular formula is C21H20F3N3O3. The molecule has 0 aliphatic carbocycles.